The van der Waals surface area contributed by atoms with E-state index in [2.05, 4.69) is 41.8 Å². The maximum Gasteiger partial charge on any atom is 0.337 e. The molecular formula is C28H33N3O3. The molecule has 6 heteroatoms. The topological polar surface area (TPSA) is 77.6 Å². The Morgan fingerprint density at radius 1 is 1.09 bits per heavy atom. The molecule has 34 heavy (non-hydrogen) atoms. The monoisotopic (exact) mass is 459 g/mol. The predicted molar refractivity (Wildman–Crippen MR) is 133 cm³/mol. The van der Waals surface area contributed by atoms with Crippen LogP contribution in [0, 0.1) is 5.92 Å². The quantitative estimate of drug-likeness (QED) is 0.252. The van der Waals surface area contributed by atoms with Crippen LogP contribution in [0.5, 0.6) is 0 Å². The summed E-state index contributed by atoms with van der Waals surface area (Å²) in [5.74, 6) is 5.67. The van der Waals surface area contributed by atoms with Gasteiger partial charge in [0.2, 0.25) is 5.91 Å². The highest BCUT2D eigenvalue weighted by molar-refractivity contribution is 5.99. The lowest BCUT2D eigenvalue weighted by Gasteiger charge is -2.25. The Labute approximate surface area is 200 Å². The van der Waals surface area contributed by atoms with Crippen LogP contribution in [-0.4, -0.2) is 35.6 Å². The van der Waals surface area contributed by atoms with E-state index in [4.69, 9.17) is 10.6 Å². The third-order valence-electron chi connectivity index (χ3n) is 7.89. The molecule has 2 aliphatic rings. The van der Waals surface area contributed by atoms with Crippen molar-refractivity contribution in [1.29, 1.82) is 0 Å². The first-order valence-corrected chi connectivity index (χ1v) is 12.3. The van der Waals surface area contributed by atoms with E-state index in [1.165, 1.54) is 59.2 Å². The maximum atomic E-state index is 13.3. The summed E-state index contributed by atoms with van der Waals surface area (Å²) in [6.45, 7) is 2.64. The molecule has 178 valence electrons. The van der Waals surface area contributed by atoms with E-state index in [1.54, 1.807) is 7.05 Å². The van der Waals surface area contributed by atoms with Crippen molar-refractivity contribution in [3.8, 4) is 11.3 Å². The molecule has 1 fully saturated rings. The van der Waals surface area contributed by atoms with Crippen LogP contribution in [0.1, 0.15) is 72.3 Å². The van der Waals surface area contributed by atoms with Crippen LogP contribution < -0.4 is 5.84 Å². The molecule has 0 saturated heterocycles. The third-order valence-corrected chi connectivity index (χ3v) is 7.89. The van der Waals surface area contributed by atoms with Crippen molar-refractivity contribution in [3.05, 3.63) is 59.2 Å². The van der Waals surface area contributed by atoms with Crippen molar-refractivity contribution < 1.29 is 14.3 Å². The number of fused-ring (bicyclic) bond motifs is 5. The van der Waals surface area contributed by atoms with Crippen molar-refractivity contribution in [2.45, 2.75) is 57.4 Å². The Bertz CT molecular complexity index is 1250. The summed E-state index contributed by atoms with van der Waals surface area (Å²) in [7, 11) is 3.02. The highest BCUT2D eigenvalue weighted by Gasteiger charge is 2.37. The summed E-state index contributed by atoms with van der Waals surface area (Å²) < 4.78 is 7.29. The first-order chi connectivity index (χ1) is 16.4. The number of amides is 1. The van der Waals surface area contributed by atoms with Gasteiger partial charge in [-0.15, -0.1) is 0 Å². The van der Waals surface area contributed by atoms with Crippen molar-refractivity contribution >= 4 is 22.8 Å². The van der Waals surface area contributed by atoms with E-state index >= 15 is 0 Å². The van der Waals surface area contributed by atoms with E-state index in [0.717, 1.165) is 18.4 Å². The van der Waals surface area contributed by atoms with Crippen LogP contribution in [0.3, 0.4) is 0 Å². The zero-order chi connectivity index (χ0) is 24.0. The molecule has 1 aliphatic heterocycles. The Balaban J connectivity index is 1.84. The normalized spacial score (nSPS) is 20.4. The number of ether oxygens (including phenoxy) is 1. The van der Waals surface area contributed by atoms with E-state index < -0.39 is 0 Å². The lowest BCUT2D eigenvalue weighted by atomic mass is 9.80. The van der Waals surface area contributed by atoms with Gasteiger partial charge in [0, 0.05) is 30.1 Å². The highest BCUT2D eigenvalue weighted by Crippen LogP contribution is 2.48. The zero-order valence-corrected chi connectivity index (χ0v) is 20.2. The minimum absolute atomic E-state index is 0.00708. The van der Waals surface area contributed by atoms with E-state index in [1.807, 2.05) is 12.1 Å². The first-order valence-electron chi connectivity index (χ1n) is 12.3. The SMILES string of the molecule is COC(=O)c1ccc2c(C3CCCCC3)c3n(c2c1)CC(C(=O)N(C)N)[C@@H](C)c1ccccc1-3. The molecule has 0 spiro atoms. The Hall–Kier alpha value is -3.12. The summed E-state index contributed by atoms with van der Waals surface area (Å²) in [5.41, 5.74) is 6.42. The van der Waals surface area contributed by atoms with Crippen LogP contribution in [0.2, 0.25) is 0 Å². The number of nitrogens with zero attached hydrogens (tertiary/aromatic N) is 2. The van der Waals surface area contributed by atoms with Crippen molar-refractivity contribution in [1.82, 2.24) is 9.58 Å². The number of rotatable bonds is 3. The van der Waals surface area contributed by atoms with Gasteiger partial charge in [0.05, 0.1) is 24.3 Å². The molecule has 2 N–H and O–H groups in total. The molecular weight excluding hydrogens is 426 g/mol. The smallest absolute Gasteiger partial charge is 0.337 e. The molecule has 1 saturated carbocycles. The molecule has 1 unspecified atom stereocenters. The van der Waals surface area contributed by atoms with Crippen LogP contribution in [0.25, 0.3) is 22.2 Å². The molecule has 5 rings (SSSR count). The number of methoxy groups -OCH3 is 1. The number of esters is 1. The maximum absolute atomic E-state index is 13.3. The van der Waals surface area contributed by atoms with Gasteiger partial charge in [-0.2, -0.15) is 0 Å². The van der Waals surface area contributed by atoms with Crippen molar-refractivity contribution in [2.24, 2.45) is 11.8 Å². The molecule has 1 aliphatic carbocycles. The minimum atomic E-state index is -0.353. The number of hydrazine groups is 1. The van der Waals surface area contributed by atoms with Crippen LogP contribution >= 0.6 is 0 Å². The summed E-state index contributed by atoms with van der Waals surface area (Å²) in [4.78, 5) is 25.7. The van der Waals surface area contributed by atoms with Crippen molar-refractivity contribution in [3.63, 3.8) is 0 Å². The van der Waals surface area contributed by atoms with Crippen molar-refractivity contribution in [2.75, 3.05) is 14.2 Å². The number of nitrogens with two attached hydrogens (primary N) is 1. The molecule has 6 nitrogen and oxygen atoms in total. The third kappa shape index (κ3) is 3.61. The minimum Gasteiger partial charge on any atom is -0.465 e. The number of aromatic nitrogens is 1. The largest absolute Gasteiger partial charge is 0.465 e. The molecule has 3 aromatic rings. The lowest BCUT2D eigenvalue weighted by Crippen LogP contribution is -2.41. The first kappa shape index (κ1) is 22.7. The van der Waals surface area contributed by atoms with Gasteiger partial charge in [0.15, 0.2) is 0 Å². The standard InChI is InChI=1S/C28H33N3O3/c1-17-20-11-7-8-12-21(20)26-25(18-9-5-4-6-10-18)22-14-13-19(28(33)34-3)15-24(22)31(26)16-23(17)27(32)30(2)29/h7-8,11-15,17-18,23H,4-6,9-10,16,29H2,1-3H3/t17-,23?/m0/s1. The van der Waals surface area contributed by atoms with Gasteiger partial charge in [0.25, 0.3) is 0 Å². The number of hydrogen-bond acceptors (Lipinski definition) is 4. The lowest BCUT2D eigenvalue weighted by molar-refractivity contribution is -0.135. The number of carbonyl (C=O) groups excluding carboxylic acids is 2. The average Bonchev–Trinajstić information content (AvgIpc) is 3.12. The van der Waals surface area contributed by atoms with Gasteiger partial charge in [-0.3, -0.25) is 9.80 Å². The van der Waals surface area contributed by atoms with Gasteiger partial charge in [-0.05, 0) is 47.9 Å². The van der Waals surface area contributed by atoms with Crippen LogP contribution in [0.15, 0.2) is 42.5 Å². The highest BCUT2D eigenvalue weighted by atomic mass is 16.5. The number of hydrogen-bond donors (Lipinski definition) is 1. The van der Waals surface area contributed by atoms with Gasteiger partial charge in [0.1, 0.15) is 0 Å². The molecule has 2 aromatic carbocycles. The number of benzene rings is 2. The van der Waals surface area contributed by atoms with Gasteiger partial charge >= 0.3 is 5.97 Å². The Morgan fingerprint density at radius 3 is 2.53 bits per heavy atom. The fourth-order valence-corrected chi connectivity index (χ4v) is 6.14. The van der Waals surface area contributed by atoms with Gasteiger partial charge < -0.3 is 9.30 Å². The van der Waals surface area contributed by atoms with Gasteiger partial charge in [-0.25, -0.2) is 10.6 Å². The average molecular weight is 460 g/mol. The van der Waals surface area contributed by atoms with Crippen LogP contribution in [0.4, 0.5) is 0 Å². The second-order valence-electron chi connectivity index (χ2n) is 9.86. The fourth-order valence-electron chi connectivity index (χ4n) is 6.14. The second kappa shape index (κ2) is 8.91. The second-order valence-corrected chi connectivity index (χ2v) is 9.86. The fraction of sp³-hybridized carbons (Fsp3) is 0.429. The molecule has 1 aromatic heterocycles. The molecule has 0 radical (unpaired) electrons. The summed E-state index contributed by atoms with van der Waals surface area (Å²) >= 11 is 0. The molecule has 2 heterocycles. The zero-order valence-electron chi connectivity index (χ0n) is 20.2. The van der Waals surface area contributed by atoms with E-state index in [9.17, 15) is 9.59 Å². The Morgan fingerprint density at radius 2 is 1.82 bits per heavy atom. The summed E-state index contributed by atoms with van der Waals surface area (Å²) in [6.07, 6.45) is 6.07. The predicted octanol–water partition coefficient (Wildman–Crippen LogP) is 5.21. The molecule has 0 bridgehead atoms. The summed E-state index contributed by atoms with van der Waals surface area (Å²) in [5, 5.41) is 2.38. The Kier molecular flexibility index (Phi) is 5.94. The molecule has 2 atom stereocenters. The molecule has 1 amide bonds. The van der Waals surface area contributed by atoms with E-state index in [-0.39, 0.29) is 23.7 Å². The number of carbonyl (C=O) groups is 2. The summed E-state index contributed by atoms with van der Waals surface area (Å²) in [6, 6.07) is 14.3. The van der Waals surface area contributed by atoms with Crippen LogP contribution in [-0.2, 0) is 16.1 Å². The van der Waals surface area contributed by atoms with Gasteiger partial charge in [-0.1, -0.05) is 56.5 Å². The van der Waals surface area contributed by atoms with E-state index in [0.29, 0.717) is 18.0 Å².